The number of methoxy groups -OCH3 is 2. The standard InChI is InChI=1S/C27H24O6S/c1-16(17(2)27(28)29)18-5-11-21(12-6-18)33-25-23-14-13-22(32-4)15-24(23)34(30)26(25)19-7-9-20(31-3)10-8-19/h5-15H,1-4H3,(H,28,29)/b17-16+. The van der Waals surface area contributed by atoms with Gasteiger partial charge in [-0.3, -0.25) is 0 Å². The first-order chi connectivity index (χ1) is 16.3. The molecule has 1 aliphatic rings. The van der Waals surface area contributed by atoms with Gasteiger partial charge in [-0.1, -0.05) is 12.1 Å². The van der Waals surface area contributed by atoms with Gasteiger partial charge in [0.1, 0.15) is 17.2 Å². The number of hydrogen-bond donors (Lipinski definition) is 1. The fourth-order valence-electron chi connectivity index (χ4n) is 3.64. The number of ether oxygens (including phenoxy) is 3. The molecule has 0 fully saturated rings. The Bertz CT molecular complexity index is 1330. The molecule has 0 bridgehead atoms. The summed E-state index contributed by atoms with van der Waals surface area (Å²) in [6.07, 6.45) is 0. The Morgan fingerprint density at radius 2 is 1.41 bits per heavy atom. The van der Waals surface area contributed by atoms with Gasteiger partial charge >= 0.3 is 5.97 Å². The first kappa shape index (κ1) is 23.3. The van der Waals surface area contributed by atoms with Gasteiger partial charge in [-0.15, -0.1) is 0 Å². The number of carboxylic acids is 1. The highest BCUT2D eigenvalue weighted by Gasteiger charge is 2.32. The van der Waals surface area contributed by atoms with Gasteiger partial charge in [-0.25, -0.2) is 9.00 Å². The lowest BCUT2D eigenvalue weighted by atomic mass is 10.0. The quantitative estimate of drug-likeness (QED) is 0.447. The number of carbonyl (C=O) groups is 1. The molecule has 4 rings (SSSR count). The number of hydrogen-bond acceptors (Lipinski definition) is 5. The van der Waals surface area contributed by atoms with Crippen molar-refractivity contribution >= 4 is 33.0 Å². The molecule has 34 heavy (non-hydrogen) atoms. The van der Waals surface area contributed by atoms with Crippen molar-refractivity contribution in [3.63, 3.8) is 0 Å². The van der Waals surface area contributed by atoms with Crippen LogP contribution in [0.5, 0.6) is 17.2 Å². The van der Waals surface area contributed by atoms with Crippen molar-refractivity contribution in [2.45, 2.75) is 18.7 Å². The lowest BCUT2D eigenvalue weighted by Gasteiger charge is -2.12. The van der Waals surface area contributed by atoms with E-state index in [2.05, 4.69) is 0 Å². The van der Waals surface area contributed by atoms with Crippen molar-refractivity contribution in [1.29, 1.82) is 0 Å². The molecular formula is C27H24O6S. The third kappa shape index (κ3) is 4.34. The molecule has 6 nitrogen and oxygen atoms in total. The Morgan fingerprint density at radius 3 is 2.00 bits per heavy atom. The van der Waals surface area contributed by atoms with Crippen LogP contribution in [0.1, 0.15) is 30.5 Å². The molecular weight excluding hydrogens is 452 g/mol. The average Bonchev–Trinajstić information content (AvgIpc) is 3.14. The molecule has 1 unspecified atom stereocenters. The molecule has 0 radical (unpaired) electrons. The summed E-state index contributed by atoms with van der Waals surface area (Å²) in [7, 11) is 1.69. The summed E-state index contributed by atoms with van der Waals surface area (Å²) in [5, 5.41) is 9.25. The fourth-order valence-corrected chi connectivity index (χ4v) is 5.11. The van der Waals surface area contributed by atoms with E-state index < -0.39 is 16.8 Å². The molecule has 3 aromatic rings. The third-order valence-corrected chi connectivity index (χ3v) is 7.30. The minimum absolute atomic E-state index is 0.284. The monoisotopic (exact) mass is 476 g/mol. The Balaban J connectivity index is 1.77. The third-order valence-electron chi connectivity index (χ3n) is 5.77. The van der Waals surface area contributed by atoms with Gasteiger partial charge in [0.05, 0.1) is 34.8 Å². The van der Waals surface area contributed by atoms with Crippen molar-refractivity contribution in [3.05, 3.63) is 89.0 Å². The number of aliphatic carboxylic acids is 1. The van der Waals surface area contributed by atoms with Gasteiger partial charge in [0, 0.05) is 11.1 Å². The first-order valence-electron chi connectivity index (χ1n) is 10.5. The van der Waals surface area contributed by atoms with Crippen molar-refractivity contribution in [3.8, 4) is 17.2 Å². The Morgan fingerprint density at radius 1 is 0.824 bits per heavy atom. The lowest BCUT2D eigenvalue weighted by molar-refractivity contribution is -0.132. The van der Waals surface area contributed by atoms with Gasteiger partial charge in [-0.2, -0.15) is 0 Å². The van der Waals surface area contributed by atoms with Crippen LogP contribution in [0.3, 0.4) is 0 Å². The average molecular weight is 477 g/mol. The second-order valence-electron chi connectivity index (χ2n) is 7.70. The zero-order valence-corrected chi connectivity index (χ0v) is 20.1. The second kappa shape index (κ2) is 9.57. The number of benzene rings is 3. The van der Waals surface area contributed by atoms with E-state index in [9.17, 15) is 14.1 Å². The van der Waals surface area contributed by atoms with Gasteiger partial charge in [0.25, 0.3) is 0 Å². The SMILES string of the molecule is COc1ccc(C2=C(Oc3ccc(/C(C)=C(\C)C(=O)O)cc3)c3ccc(OC)cc3S2=O)cc1. The number of fused-ring (bicyclic) bond motifs is 1. The lowest BCUT2D eigenvalue weighted by Crippen LogP contribution is -1.99. The molecule has 0 aromatic heterocycles. The first-order valence-corrected chi connectivity index (χ1v) is 11.7. The van der Waals surface area contributed by atoms with Crippen LogP contribution in [0.4, 0.5) is 0 Å². The van der Waals surface area contributed by atoms with Crippen molar-refractivity contribution in [2.24, 2.45) is 0 Å². The van der Waals surface area contributed by atoms with Gasteiger partial charge in [-0.05, 0) is 85.1 Å². The fraction of sp³-hybridized carbons (Fsp3) is 0.148. The summed E-state index contributed by atoms with van der Waals surface area (Å²) in [6, 6.07) is 19.9. The molecule has 1 aliphatic heterocycles. The molecule has 1 heterocycles. The van der Waals surface area contributed by atoms with E-state index in [1.54, 1.807) is 46.3 Å². The summed E-state index contributed by atoms with van der Waals surface area (Å²) in [5.41, 5.74) is 3.24. The van der Waals surface area contributed by atoms with Crippen LogP contribution in [0.2, 0.25) is 0 Å². The number of allylic oxidation sites excluding steroid dienone is 1. The van der Waals surface area contributed by atoms with Crippen LogP contribution in [0.15, 0.2) is 77.2 Å². The van der Waals surface area contributed by atoms with Crippen LogP contribution in [0, 0.1) is 0 Å². The smallest absolute Gasteiger partial charge is 0.331 e. The van der Waals surface area contributed by atoms with Crippen LogP contribution < -0.4 is 14.2 Å². The van der Waals surface area contributed by atoms with Gasteiger partial charge in [0.2, 0.25) is 0 Å². The van der Waals surface area contributed by atoms with Crippen LogP contribution in [0.25, 0.3) is 16.2 Å². The van der Waals surface area contributed by atoms with Gasteiger partial charge < -0.3 is 19.3 Å². The Hall–Kier alpha value is -3.84. The molecule has 0 aliphatic carbocycles. The van der Waals surface area contributed by atoms with Crippen molar-refractivity contribution < 1.29 is 28.3 Å². The number of carboxylic acid groups (broad SMARTS) is 1. The normalized spacial score (nSPS) is 15.5. The second-order valence-corrected chi connectivity index (χ2v) is 9.08. The van der Waals surface area contributed by atoms with E-state index in [0.717, 1.165) is 16.7 Å². The summed E-state index contributed by atoms with van der Waals surface area (Å²) >= 11 is 0. The minimum atomic E-state index is -1.47. The zero-order chi connectivity index (χ0) is 24.4. The van der Waals surface area contributed by atoms with E-state index >= 15 is 0 Å². The van der Waals surface area contributed by atoms with Crippen LogP contribution >= 0.6 is 0 Å². The van der Waals surface area contributed by atoms with E-state index in [4.69, 9.17) is 14.2 Å². The largest absolute Gasteiger partial charge is 0.497 e. The van der Waals surface area contributed by atoms with Crippen molar-refractivity contribution in [2.75, 3.05) is 14.2 Å². The molecule has 3 aromatic carbocycles. The molecule has 0 saturated carbocycles. The molecule has 174 valence electrons. The summed E-state index contributed by atoms with van der Waals surface area (Å²) in [4.78, 5) is 12.5. The highest BCUT2D eigenvalue weighted by atomic mass is 32.2. The summed E-state index contributed by atoms with van der Waals surface area (Å²) < 4.78 is 30.4. The maximum atomic E-state index is 13.5. The summed E-state index contributed by atoms with van der Waals surface area (Å²) in [6.45, 7) is 3.35. The predicted molar refractivity (Wildman–Crippen MR) is 132 cm³/mol. The number of rotatable bonds is 7. The summed E-state index contributed by atoms with van der Waals surface area (Å²) in [5.74, 6) is 1.41. The topological polar surface area (TPSA) is 82.1 Å². The van der Waals surface area contributed by atoms with E-state index in [1.165, 1.54) is 0 Å². The Kier molecular flexibility index (Phi) is 6.56. The van der Waals surface area contributed by atoms with Crippen LogP contribution in [-0.2, 0) is 15.6 Å². The molecule has 0 saturated heterocycles. The van der Waals surface area contributed by atoms with Crippen LogP contribution in [-0.4, -0.2) is 29.5 Å². The maximum Gasteiger partial charge on any atom is 0.331 e. The zero-order valence-electron chi connectivity index (χ0n) is 19.2. The van der Waals surface area contributed by atoms with E-state index in [-0.39, 0.29) is 5.57 Å². The highest BCUT2D eigenvalue weighted by Crippen LogP contribution is 2.44. The van der Waals surface area contributed by atoms with Gasteiger partial charge in [0.15, 0.2) is 5.76 Å². The maximum absolute atomic E-state index is 13.5. The molecule has 7 heteroatoms. The van der Waals surface area contributed by atoms with E-state index in [0.29, 0.717) is 38.4 Å². The highest BCUT2D eigenvalue weighted by molar-refractivity contribution is 7.95. The minimum Gasteiger partial charge on any atom is -0.497 e. The van der Waals surface area contributed by atoms with Crippen molar-refractivity contribution in [1.82, 2.24) is 0 Å². The van der Waals surface area contributed by atoms with E-state index in [1.807, 2.05) is 48.5 Å². The molecule has 1 atom stereocenters. The molecule has 0 amide bonds. The molecule has 0 spiro atoms. The Labute approximate surface area is 200 Å². The molecule has 1 N–H and O–H groups in total. The predicted octanol–water partition coefficient (Wildman–Crippen LogP) is 5.61.